The van der Waals surface area contributed by atoms with E-state index in [-0.39, 0.29) is 5.60 Å². The lowest BCUT2D eigenvalue weighted by molar-refractivity contribution is 0.0339. The van der Waals surface area contributed by atoms with Gasteiger partial charge in [-0.2, -0.15) is 0 Å². The van der Waals surface area contributed by atoms with Gasteiger partial charge in [-0.25, -0.2) is 0 Å². The van der Waals surface area contributed by atoms with E-state index in [0.29, 0.717) is 31.0 Å². The lowest BCUT2D eigenvalue weighted by Crippen LogP contribution is -2.32. The molecule has 0 atom stereocenters. The zero-order valence-corrected chi connectivity index (χ0v) is 10.6. The van der Waals surface area contributed by atoms with E-state index in [1.165, 1.54) is 12.8 Å². The Bertz CT molecular complexity index is 360. The number of anilines is 1. The molecule has 1 aliphatic rings. The summed E-state index contributed by atoms with van der Waals surface area (Å²) in [5, 5.41) is 14.3. The van der Waals surface area contributed by atoms with Crippen LogP contribution in [-0.2, 0) is 11.3 Å². The Morgan fingerprint density at radius 3 is 2.82 bits per heavy atom. The summed E-state index contributed by atoms with van der Waals surface area (Å²) in [7, 11) is 1.68. The van der Waals surface area contributed by atoms with Gasteiger partial charge in [-0.3, -0.25) is 0 Å². The maximum absolute atomic E-state index is 5.45. The summed E-state index contributed by atoms with van der Waals surface area (Å²) in [6.45, 7) is 5.26. The van der Waals surface area contributed by atoms with Crippen molar-refractivity contribution in [3.05, 3.63) is 5.89 Å². The molecular weight excluding hydrogens is 220 g/mol. The van der Waals surface area contributed by atoms with E-state index < -0.39 is 0 Å². The fourth-order valence-corrected chi connectivity index (χ4v) is 1.28. The third kappa shape index (κ3) is 3.98. The molecule has 6 nitrogen and oxygen atoms in total. The smallest absolute Gasteiger partial charge is 0.315 e. The fraction of sp³-hybridized carbons (Fsp3) is 0.818. The Balaban J connectivity index is 1.76. The van der Waals surface area contributed by atoms with E-state index in [9.17, 15) is 0 Å². The number of hydrogen-bond donors (Lipinski definition) is 2. The highest BCUT2D eigenvalue weighted by Gasteiger charge is 2.21. The van der Waals surface area contributed by atoms with Crippen molar-refractivity contribution in [1.82, 2.24) is 15.5 Å². The topological polar surface area (TPSA) is 72.2 Å². The summed E-state index contributed by atoms with van der Waals surface area (Å²) < 4.78 is 10.7. The molecule has 0 unspecified atom stereocenters. The van der Waals surface area contributed by atoms with Crippen molar-refractivity contribution in [2.24, 2.45) is 0 Å². The average Bonchev–Trinajstić information content (AvgIpc) is 3.03. The van der Waals surface area contributed by atoms with E-state index in [1.807, 2.05) is 13.8 Å². The van der Waals surface area contributed by atoms with Gasteiger partial charge in [0, 0.05) is 19.7 Å². The van der Waals surface area contributed by atoms with Crippen LogP contribution in [0.15, 0.2) is 4.42 Å². The van der Waals surface area contributed by atoms with Gasteiger partial charge in [0.05, 0.1) is 12.1 Å². The van der Waals surface area contributed by atoms with Gasteiger partial charge < -0.3 is 19.8 Å². The van der Waals surface area contributed by atoms with Crippen LogP contribution in [0.4, 0.5) is 6.01 Å². The molecule has 6 heteroatoms. The molecule has 0 aliphatic heterocycles. The van der Waals surface area contributed by atoms with Crippen LogP contribution in [0.1, 0.15) is 32.6 Å². The minimum atomic E-state index is -0.249. The Morgan fingerprint density at radius 2 is 2.18 bits per heavy atom. The van der Waals surface area contributed by atoms with Crippen LogP contribution in [0.5, 0.6) is 0 Å². The minimum absolute atomic E-state index is 0.249. The number of methoxy groups -OCH3 is 1. The van der Waals surface area contributed by atoms with Gasteiger partial charge in [0.15, 0.2) is 0 Å². The maximum Gasteiger partial charge on any atom is 0.315 e. The summed E-state index contributed by atoms with van der Waals surface area (Å²) in [4.78, 5) is 0. The normalized spacial score (nSPS) is 16.2. The van der Waals surface area contributed by atoms with Gasteiger partial charge in [-0.1, -0.05) is 5.10 Å². The summed E-state index contributed by atoms with van der Waals surface area (Å²) >= 11 is 0. The van der Waals surface area contributed by atoms with Crippen LogP contribution in [0.25, 0.3) is 0 Å². The van der Waals surface area contributed by atoms with Crippen LogP contribution in [0, 0.1) is 0 Å². The number of rotatable bonds is 7. The molecule has 1 fully saturated rings. The maximum atomic E-state index is 5.45. The predicted molar refractivity (Wildman–Crippen MR) is 63.7 cm³/mol. The Labute approximate surface area is 101 Å². The molecule has 0 amide bonds. The fourth-order valence-electron chi connectivity index (χ4n) is 1.28. The number of aromatic nitrogens is 2. The Kier molecular flexibility index (Phi) is 3.63. The van der Waals surface area contributed by atoms with Gasteiger partial charge >= 0.3 is 6.01 Å². The largest absolute Gasteiger partial charge is 0.407 e. The zero-order chi connectivity index (χ0) is 12.3. The molecule has 0 bridgehead atoms. The van der Waals surface area contributed by atoms with Gasteiger partial charge in [0.25, 0.3) is 0 Å². The van der Waals surface area contributed by atoms with Gasteiger partial charge in [-0.15, -0.1) is 5.10 Å². The molecule has 0 aromatic carbocycles. The monoisotopic (exact) mass is 240 g/mol. The summed E-state index contributed by atoms with van der Waals surface area (Å²) in [5.74, 6) is 0.620. The van der Waals surface area contributed by atoms with Crippen molar-refractivity contribution in [3.63, 3.8) is 0 Å². The second-order valence-electron chi connectivity index (χ2n) is 4.97. The Morgan fingerprint density at radius 1 is 1.41 bits per heavy atom. The van der Waals surface area contributed by atoms with Crippen LogP contribution >= 0.6 is 0 Å². The van der Waals surface area contributed by atoms with Crippen molar-refractivity contribution in [1.29, 1.82) is 0 Å². The van der Waals surface area contributed by atoms with Crippen molar-refractivity contribution in [2.45, 2.75) is 44.9 Å². The van der Waals surface area contributed by atoms with Gasteiger partial charge in [0.1, 0.15) is 0 Å². The van der Waals surface area contributed by atoms with E-state index in [2.05, 4.69) is 20.8 Å². The molecule has 1 saturated carbocycles. The highest BCUT2D eigenvalue weighted by molar-refractivity contribution is 5.17. The first-order chi connectivity index (χ1) is 8.09. The molecule has 1 heterocycles. The molecule has 2 rings (SSSR count). The Hall–Kier alpha value is -1.14. The first kappa shape index (κ1) is 12.3. The molecule has 1 aromatic rings. The predicted octanol–water partition coefficient (Wildman–Crippen LogP) is 1.16. The molecule has 17 heavy (non-hydrogen) atoms. The second-order valence-corrected chi connectivity index (χ2v) is 4.97. The molecule has 2 N–H and O–H groups in total. The highest BCUT2D eigenvalue weighted by atomic mass is 16.5. The third-order valence-electron chi connectivity index (χ3n) is 2.80. The SMILES string of the molecule is COC(C)(C)CNc1nnc(CNC2CC2)o1. The van der Waals surface area contributed by atoms with Gasteiger partial charge in [0.2, 0.25) is 5.89 Å². The van der Waals surface area contributed by atoms with Crippen LogP contribution in [-0.4, -0.2) is 35.5 Å². The van der Waals surface area contributed by atoms with E-state index in [0.717, 1.165) is 0 Å². The van der Waals surface area contributed by atoms with Crippen molar-refractivity contribution in [2.75, 3.05) is 19.0 Å². The molecule has 0 saturated heterocycles. The quantitative estimate of drug-likeness (QED) is 0.745. The van der Waals surface area contributed by atoms with Crippen molar-refractivity contribution < 1.29 is 9.15 Å². The van der Waals surface area contributed by atoms with Crippen molar-refractivity contribution in [3.8, 4) is 0 Å². The lowest BCUT2D eigenvalue weighted by Gasteiger charge is -2.22. The first-order valence-corrected chi connectivity index (χ1v) is 5.94. The number of ether oxygens (including phenoxy) is 1. The number of nitrogens with zero attached hydrogens (tertiary/aromatic N) is 2. The summed E-state index contributed by atoms with van der Waals surface area (Å²) in [5.41, 5.74) is -0.249. The molecular formula is C11H20N4O2. The average molecular weight is 240 g/mol. The minimum Gasteiger partial charge on any atom is -0.407 e. The molecule has 1 aliphatic carbocycles. The molecule has 0 spiro atoms. The first-order valence-electron chi connectivity index (χ1n) is 5.94. The zero-order valence-electron chi connectivity index (χ0n) is 10.6. The standard InChI is InChI=1S/C11H20N4O2/c1-11(2,16-3)7-13-10-15-14-9(17-10)6-12-8-4-5-8/h8,12H,4-7H2,1-3H3,(H,13,15). The third-order valence-corrected chi connectivity index (χ3v) is 2.80. The second kappa shape index (κ2) is 5.01. The van der Waals surface area contributed by atoms with Crippen molar-refractivity contribution >= 4 is 6.01 Å². The summed E-state index contributed by atoms with van der Waals surface area (Å²) in [6, 6.07) is 1.09. The molecule has 1 aromatic heterocycles. The lowest BCUT2D eigenvalue weighted by atomic mass is 10.1. The summed E-state index contributed by atoms with van der Waals surface area (Å²) in [6.07, 6.45) is 2.50. The number of hydrogen-bond acceptors (Lipinski definition) is 6. The van der Waals surface area contributed by atoms with Crippen LogP contribution in [0.3, 0.4) is 0 Å². The molecule has 0 radical (unpaired) electrons. The highest BCUT2D eigenvalue weighted by Crippen LogP contribution is 2.19. The van der Waals surface area contributed by atoms with E-state index in [1.54, 1.807) is 7.11 Å². The van der Waals surface area contributed by atoms with Crippen LogP contribution in [0.2, 0.25) is 0 Å². The van der Waals surface area contributed by atoms with E-state index in [4.69, 9.17) is 9.15 Å². The number of nitrogens with one attached hydrogen (secondary N) is 2. The van der Waals surface area contributed by atoms with E-state index >= 15 is 0 Å². The van der Waals surface area contributed by atoms with Crippen LogP contribution < -0.4 is 10.6 Å². The van der Waals surface area contributed by atoms with Gasteiger partial charge in [-0.05, 0) is 26.7 Å². The molecule has 96 valence electrons.